The van der Waals surface area contributed by atoms with Crippen LogP contribution in [0.1, 0.15) is 174 Å². The van der Waals surface area contributed by atoms with Crippen LogP contribution in [0, 0.1) is 23.3 Å². The van der Waals surface area contributed by atoms with Crippen molar-refractivity contribution in [2.75, 3.05) is 153 Å². The molecule has 34 nitrogen and oxygen atoms in total. The molecule has 2 aromatic heterocycles. The van der Waals surface area contributed by atoms with Crippen LogP contribution >= 0.6 is 0 Å². The number of fused-ring (bicyclic) bond motifs is 4. The Morgan fingerprint density at radius 1 is 0.445 bits per heavy atom. The number of benzene rings is 8. The Kier molecular flexibility index (Phi) is 30.8. The van der Waals surface area contributed by atoms with Gasteiger partial charge in [0.25, 0.3) is 35.4 Å². The van der Waals surface area contributed by atoms with Gasteiger partial charge < -0.3 is 62.0 Å². The summed E-state index contributed by atoms with van der Waals surface area (Å²) in [6.07, 6.45) is 8.64. The summed E-state index contributed by atoms with van der Waals surface area (Å²) in [6.45, 7) is 10.1. The molecule has 6 saturated heterocycles. The van der Waals surface area contributed by atoms with Crippen molar-refractivity contribution in [3.05, 3.63) is 224 Å². The van der Waals surface area contributed by atoms with Crippen molar-refractivity contribution in [1.29, 1.82) is 0 Å². The summed E-state index contributed by atoms with van der Waals surface area (Å²) in [7, 11) is 0. The van der Waals surface area contributed by atoms with Gasteiger partial charge in [-0.3, -0.25) is 98.0 Å². The zero-order chi connectivity index (χ0) is 95.9. The molecule has 6 fully saturated rings. The van der Waals surface area contributed by atoms with Crippen molar-refractivity contribution in [2.24, 2.45) is 5.73 Å². The number of ether oxygens (including phenoxy) is 2. The summed E-state index contributed by atoms with van der Waals surface area (Å²) in [4.78, 5) is 162. The van der Waals surface area contributed by atoms with Crippen LogP contribution in [-0.2, 0) is 51.1 Å². The molecule has 38 heteroatoms. The van der Waals surface area contributed by atoms with Crippen molar-refractivity contribution < 1.29 is 89.7 Å². The Morgan fingerprint density at radius 2 is 0.869 bits per heavy atom. The Hall–Kier alpha value is -14.3. The Balaban J connectivity index is 0.000000167. The maximum Gasteiger partial charge on any atom is 0.317 e. The number of aliphatic carboxylic acids is 1. The fourth-order valence-electron chi connectivity index (χ4n) is 18.5. The zero-order valence-electron chi connectivity index (χ0n) is 75.3. The van der Waals surface area contributed by atoms with E-state index in [9.17, 15) is 75.1 Å². The third kappa shape index (κ3) is 23.4. The highest BCUT2D eigenvalue weighted by atomic mass is 19.1. The number of aromatic amines is 2. The molecule has 0 saturated carbocycles. The van der Waals surface area contributed by atoms with E-state index >= 15 is 0 Å². The largest absolute Gasteiger partial charge is 0.480 e. The number of ketones is 1. The number of carboxylic acid groups (broad SMARTS) is 1. The Morgan fingerprint density at radius 3 is 1.28 bits per heavy atom. The molecule has 2 unspecified atom stereocenters. The second-order valence-corrected chi connectivity index (χ2v) is 35.2. The second-order valence-electron chi connectivity index (χ2n) is 35.2. The summed E-state index contributed by atoms with van der Waals surface area (Å²) < 4.78 is 66.4. The first-order valence-corrected chi connectivity index (χ1v) is 46.3. The molecule has 13 N–H and O–H groups in total. The van der Waals surface area contributed by atoms with Gasteiger partial charge in [-0.25, -0.2) is 17.6 Å². The lowest BCUT2D eigenvalue weighted by Crippen LogP contribution is -2.54. The number of hydrogen-bond acceptors (Lipinski definition) is 25. The normalized spacial score (nSPS) is 17.8. The molecule has 0 spiro atoms. The number of Topliss-reactive ketones (excluding diaryl/α,β-unsaturated/α-hetero) is 1. The van der Waals surface area contributed by atoms with Gasteiger partial charge in [0.1, 0.15) is 41.1 Å². The van der Waals surface area contributed by atoms with Gasteiger partial charge in [-0.2, -0.15) is 10.2 Å². The number of carboxylic acids is 1. The first-order chi connectivity index (χ1) is 66.3. The molecular weight excluding hydrogens is 1770 g/mol. The van der Waals surface area contributed by atoms with E-state index in [0.717, 1.165) is 95.8 Å². The minimum absolute atomic E-state index is 0.0240. The number of unbranched alkanes of at least 4 members (excludes halogenated alkanes) is 3. The number of nitrogens with zero attached hydrogens (tertiary/aromatic N) is 8. The molecule has 137 heavy (non-hydrogen) atoms. The molecule has 0 radical (unpaired) electrons. The molecule has 10 amide bonds. The average molecular weight is 1880 g/mol. The van der Waals surface area contributed by atoms with Crippen LogP contribution in [-0.4, -0.2) is 252 Å². The van der Waals surface area contributed by atoms with E-state index in [4.69, 9.17) is 20.3 Å². The standard InChI is InChI=1S/C50H53F2N9O7.C32H34F2N6O4.C17H20N4O4/c51-32-24-31(25-33(52)27-32)23-30-8-11-40-39(26-30)46(58-57-40)56-47(64)37-10-9-35(28-42(37)54-34-14-21-68-22-15-34)60-19-17-59(18-20-60)29-36(62)5-2-1-3-16-53-41-7-4-6-38-45(41)50(67)61(49(38)66)43-12-13-44(63)55-48(43)65;33-22-14-21(15-23(34)17-22)13-20-1-4-28-27(16-20)31(38-37-28)36-32(43)26-3-2-25(18-29(26)35-24-5-11-44-12-6-24)40-9-7-39(8-10-40)19-30(41)42;18-8-1-2-9-19-11-5-3-4-10-14(11)17(25)21(16(10)24)12-6-7-13(22)20-15(12)23/h4,6-11,24-28,34,43,53-54H,1-3,5,12-23,29H2,(H,55,63,65)(H2,56,57,58,64);1-4,14-18,24,35H,5-13,19H2,(H,41,42)(H2,36,37,38,43);3-5,12,19H,1-2,6-9,18H2,(H,20,22,23). The van der Waals surface area contributed by atoms with E-state index in [1.165, 1.54) is 24.3 Å². The highest BCUT2D eigenvalue weighted by Crippen LogP contribution is 2.38. The molecule has 0 bridgehead atoms. The van der Waals surface area contributed by atoms with E-state index in [2.05, 4.69) is 77.6 Å². The smallest absolute Gasteiger partial charge is 0.317 e. The number of aromatic nitrogens is 4. The molecule has 8 aromatic carbocycles. The van der Waals surface area contributed by atoms with Gasteiger partial charge in [0, 0.05) is 180 Å². The highest BCUT2D eigenvalue weighted by molar-refractivity contribution is 6.27. The molecular formula is C99H107F4N19O15. The van der Waals surface area contributed by atoms with Gasteiger partial charge in [-0.05, 0) is 215 Å². The van der Waals surface area contributed by atoms with E-state index in [1.54, 1.807) is 42.5 Å². The molecule has 18 rings (SSSR count). The van der Waals surface area contributed by atoms with Gasteiger partial charge in [-0.1, -0.05) is 30.7 Å². The minimum Gasteiger partial charge on any atom is -0.480 e. The predicted molar refractivity (Wildman–Crippen MR) is 504 cm³/mol. The third-order valence-corrected chi connectivity index (χ3v) is 25.6. The van der Waals surface area contributed by atoms with E-state index < -0.39 is 82.7 Å². The topological polar surface area (TPSA) is 443 Å². The first-order valence-electron chi connectivity index (χ1n) is 46.3. The van der Waals surface area contributed by atoms with Crippen molar-refractivity contribution >= 4 is 138 Å². The lowest BCUT2D eigenvalue weighted by atomic mass is 10.0. The van der Waals surface area contributed by atoms with E-state index in [0.29, 0.717) is 209 Å². The van der Waals surface area contributed by atoms with Crippen LogP contribution in [0.25, 0.3) is 21.8 Å². The van der Waals surface area contributed by atoms with Crippen LogP contribution in [0.15, 0.2) is 146 Å². The van der Waals surface area contributed by atoms with Gasteiger partial charge in [0.15, 0.2) is 11.6 Å². The Bertz CT molecular complexity index is 6220. The number of H-pyrrole nitrogens is 2. The number of piperidine rings is 2. The molecule has 2 atom stereocenters. The number of amides is 10. The predicted octanol–water partition coefficient (Wildman–Crippen LogP) is 10.8. The molecule has 0 aliphatic carbocycles. The van der Waals surface area contributed by atoms with Gasteiger partial charge in [0.05, 0.1) is 57.5 Å². The number of imide groups is 4. The maximum absolute atomic E-state index is 14.0. The number of halogens is 4. The van der Waals surface area contributed by atoms with E-state index in [1.807, 2.05) is 71.6 Å². The second kappa shape index (κ2) is 44.0. The SMILES string of the molecule is NCCCCNc1cccc2c1C(=O)N(C1CCC(=O)NC1=O)C2=O.O=C(CCCCCNc1cccc2c1C(=O)N(C1CCC(=O)NC1=O)C2=O)CN1CCN(c2ccc(C(=O)Nc3n[nH]c4ccc(Cc5cc(F)cc(F)c5)cc34)c(NC3CCOCC3)c2)CC1.O=C(O)CN1CCN(c2ccc(C(=O)Nc3n[nH]c4ccc(Cc5cc(F)cc(F)c5)cc34)c(NC3CCOCC3)c2)CC1. The quantitative estimate of drug-likeness (QED) is 0.0106. The average Bonchev–Trinajstić information content (AvgIpc) is 1.60. The number of rotatable bonds is 32. The highest BCUT2D eigenvalue weighted by Gasteiger charge is 2.48. The summed E-state index contributed by atoms with van der Waals surface area (Å²) in [5.41, 5.74) is 15.8. The Labute approximate surface area is 785 Å². The summed E-state index contributed by atoms with van der Waals surface area (Å²) in [6, 6.07) is 37.7. The van der Waals surface area contributed by atoms with Crippen LogP contribution in [0.4, 0.5) is 63.3 Å². The summed E-state index contributed by atoms with van der Waals surface area (Å²) >= 11 is 0. The number of nitrogens with one attached hydrogen (secondary N) is 10. The fraction of sp³-hybridized carbons (Fsp3) is 0.374. The van der Waals surface area contributed by atoms with Crippen LogP contribution in [0.2, 0.25) is 0 Å². The number of anilines is 8. The number of carbonyl (C=O) groups excluding carboxylic acids is 11. The lowest BCUT2D eigenvalue weighted by Gasteiger charge is -2.36. The van der Waals surface area contributed by atoms with Crippen molar-refractivity contribution in [3.63, 3.8) is 0 Å². The molecule has 8 aliphatic heterocycles. The number of piperazine rings is 2. The number of nitrogens with two attached hydrogens (primary N) is 1. The van der Waals surface area contributed by atoms with Crippen LogP contribution in [0.3, 0.4) is 0 Å². The fourth-order valence-corrected chi connectivity index (χ4v) is 18.5. The molecule has 10 heterocycles. The number of carbonyl (C=O) groups is 12. The molecule has 8 aliphatic rings. The van der Waals surface area contributed by atoms with Crippen LogP contribution < -0.4 is 58.1 Å². The minimum atomic E-state index is -1.03. The van der Waals surface area contributed by atoms with Crippen molar-refractivity contribution in [2.45, 2.75) is 127 Å². The van der Waals surface area contributed by atoms with Gasteiger partial charge >= 0.3 is 5.97 Å². The van der Waals surface area contributed by atoms with Crippen LogP contribution in [0.5, 0.6) is 0 Å². The van der Waals surface area contributed by atoms with Gasteiger partial charge in [0.2, 0.25) is 23.6 Å². The summed E-state index contributed by atoms with van der Waals surface area (Å²) in [5.74, 6) is -7.37. The molecule has 716 valence electrons. The van der Waals surface area contributed by atoms with Crippen molar-refractivity contribution in [3.8, 4) is 0 Å². The lowest BCUT2D eigenvalue weighted by molar-refractivity contribution is -0.139. The van der Waals surface area contributed by atoms with Crippen molar-refractivity contribution in [1.82, 2.24) is 50.6 Å². The van der Waals surface area contributed by atoms with Gasteiger partial charge in [-0.15, -0.1) is 0 Å². The monoisotopic (exact) mass is 1880 g/mol. The maximum atomic E-state index is 14.0. The third-order valence-electron chi connectivity index (χ3n) is 25.6. The summed E-state index contributed by atoms with van der Waals surface area (Å²) in [5, 5.41) is 49.0. The number of hydrogen-bond donors (Lipinski definition) is 12. The first kappa shape index (κ1) is 95.8. The zero-order valence-corrected chi connectivity index (χ0v) is 75.3. The van der Waals surface area contributed by atoms with E-state index in [-0.39, 0.29) is 90.1 Å². The molecule has 10 aromatic rings.